The Hall–Kier alpha value is -8.86. The Morgan fingerprint density at radius 3 is 1.14 bits per heavy atom. The lowest BCUT2D eigenvalue weighted by Gasteiger charge is -2.29. The van der Waals surface area contributed by atoms with Gasteiger partial charge in [-0.2, -0.15) is 0 Å². The fourth-order valence-electron chi connectivity index (χ4n) is 11.3. The van der Waals surface area contributed by atoms with Gasteiger partial charge in [0.05, 0.1) is 0 Å². The number of nitrogens with zero attached hydrogens (tertiary/aromatic N) is 2. The summed E-state index contributed by atoms with van der Waals surface area (Å²) < 4.78 is 14.0. The van der Waals surface area contributed by atoms with E-state index in [9.17, 15) is 0 Å². The Morgan fingerprint density at radius 1 is 0.315 bits per heavy atom. The second-order valence-corrected chi connectivity index (χ2v) is 20.1. The van der Waals surface area contributed by atoms with E-state index in [0.29, 0.717) is 0 Å². The van der Waals surface area contributed by atoms with Crippen LogP contribution in [0.2, 0.25) is 0 Å². The van der Waals surface area contributed by atoms with E-state index >= 15 is 0 Å². The molecule has 0 N–H and O–H groups in total. The monoisotopic (exact) mass is 942 g/mol. The van der Waals surface area contributed by atoms with Gasteiger partial charge in [0.15, 0.2) is 0 Å². The van der Waals surface area contributed by atoms with Crippen molar-refractivity contribution in [2.75, 3.05) is 9.80 Å². The standard InChI is InChI=1S/C69H54N2O2/c1-42(2)67-68-59(57-37-51-25-29-55(35-53(51)39-65(57)72-68)70(61-23-15-13-17-43(61)3)63-31-27-49(33-45(63)5)47-19-9-7-10-20-47)41-60-58-38-52-26-30-56(36-54(52)40-66(58)73-69(60)67)71(62-24-16-14-18-44(62)4)64-32-28-50(34-46(64)6)48-21-11-8-12-22-48/h7-42H,1-6H3. The molecule has 0 aliphatic carbocycles. The summed E-state index contributed by atoms with van der Waals surface area (Å²) >= 11 is 0. The summed E-state index contributed by atoms with van der Waals surface area (Å²) in [5.41, 5.74) is 21.0. The number of para-hydroxylation sites is 2. The van der Waals surface area contributed by atoms with Gasteiger partial charge in [-0.05, 0) is 191 Å². The highest BCUT2D eigenvalue weighted by Crippen LogP contribution is 2.47. The summed E-state index contributed by atoms with van der Waals surface area (Å²) in [6.07, 6.45) is 0. The number of fused-ring (bicyclic) bond motifs is 8. The lowest BCUT2D eigenvalue weighted by Crippen LogP contribution is -2.12. The third kappa shape index (κ3) is 7.52. The molecule has 73 heavy (non-hydrogen) atoms. The van der Waals surface area contributed by atoms with Crippen LogP contribution in [0.15, 0.2) is 221 Å². The van der Waals surface area contributed by atoms with Gasteiger partial charge in [0.2, 0.25) is 0 Å². The first-order chi connectivity index (χ1) is 35.6. The normalized spacial score (nSPS) is 11.8. The second-order valence-electron chi connectivity index (χ2n) is 20.1. The van der Waals surface area contributed by atoms with E-state index in [4.69, 9.17) is 8.83 Å². The molecular formula is C69H54N2O2. The summed E-state index contributed by atoms with van der Waals surface area (Å²) in [6.45, 7) is 13.3. The fourth-order valence-corrected chi connectivity index (χ4v) is 11.3. The van der Waals surface area contributed by atoms with Crippen molar-refractivity contribution in [2.45, 2.75) is 47.5 Å². The molecular weight excluding hydrogens is 889 g/mol. The Balaban J connectivity index is 0.918. The van der Waals surface area contributed by atoms with Crippen molar-refractivity contribution in [3.05, 3.63) is 240 Å². The lowest BCUT2D eigenvalue weighted by atomic mass is 9.95. The Bertz CT molecular complexity index is 4020. The van der Waals surface area contributed by atoms with E-state index in [1.807, 2.05) is 0 Å². The van der Waals surface area contributed by atoms with Gasteiger partial charge >= 0.3 is 0 Å². The number of aryl methyl sites for hydroxylation is 4. The Morgan fingerprint density at radius 2 is 0.726 bits per heavy atom. The van der Waals surface area contributed by atoms with Crippen molar-refractivity contribution in [3.63, 3.8) is 0 Å². The predicted octanol–water partition coefficient (Wildman–Crippen LogP) is 20.4. The van der Waals surface area contributed by atoms with Crippen LogP contribution in [0.25, 0.3) is 87.7 Å². The number of hydrogen-bond donors (Lipinski definition) is 0. The Kier molecular flexibility index (Phi) is 10.6. The molecule has 13 aromatic rings. The minimum Gasteiger partial charge on any atom is -0.456 e. The first-order valence-corrected chi connectivity index (χ1v) is 25.4. The maximum atomic E-state index is 7.00. The lowest BCUT2D eigenvalue weighted by molar-refractivity contribution is 0.638. The molecule has 4 nitrogen and oxygen atoms in total. The molecule has 11 aromatic carbocycles. The van der Waals surface area contributed by atoms with Gasteiger partial charge < -0.3 is 18.6 Å². The SMILES string of the molecule is Cc1ccccc1N(c1ccc2cc3c(cc2c1)oc1c(C(C)C)c2oc4cc5cc(N(c6ccccc6C)c6ccc(-c7ccccc7)cc6C)ccc5cc4c2cc13)c1ccc(-c2ccccc2)cc1C. The zero-order chi connectivity index (χ0) is 49.5. The molecule has 0 unspecified atom stereocenters. The molecule has 4 heteroatoms. The van der Waals surface area contributed by atoms with E-state index in [-0.39, 0.29) is 5.92 Å². The minimum atomic E-state index is 0.146. The molecule has 0 fully saturated rings. The zero-order valence-corrected chi connectivity index (χ0v) is 42.0. The number of benzene rings is 11. The van der Waals surface area contributed by atoms with E-state index in [1.165, 1.54) is 44.5 Å². The molecule has 352 valence electrons. The van der Waals surface area contributed by atoms with E-state index < -0.39 is 0 Å². The molecule has 0 spiro atoms. The van der Waals surface area contributed by atoms with Crippen LogP contribution < -0.4 is 9.80 Å². The van der Waals surface area contributed by atoms with Crippen LogP contribution in [-0.4, -0.2) is 0 Å². The number of anilines is 6. The summed E-state index contributed by atoms with van der Waals surface area (Å²) in [5, 5.41) is 8.97. The minimum absolute atomic E-state index is 0.146. The molecule has 0 aliphatic heterocycles. The summed E-state index contributed by atoms with van der Waals surface area (Å²) in [4.78, 5) is 4.79. The molecule has 0 amide bonds. The van der Waals surface area contributed by atoms with Crippen LogP contribution in [0.4, 0.5) is 34.1 Å². The second kappa shape index (κ2) is 17.5. The van der Waals surface area contributed by atoms with Crippen molar-refractivity contribution in [2.24, 2.45) is 0 Å². The van der Waals surface area contributed by atoms with Crippen LogP contribution in [0.5, 0.6) is 0 Å². The van der Waals surface area contributed by atoms with Gasteiger partial charge in [0.1, 0.15) is 22.3 Å². The highest BCUT2D eigenvalue weighted by Gasteiger charge is 2.24. The Labute approximate surface area is 426 Å². The molecule has 2 aromatic heterocycles. The average Bonchev–Trinajstić information content (AvgIpc) is 3.95. The highest BCUT2D eigenvalue weighted by molar-refractivity contribution is 6.20. The van der Waals surface area contributed by atoms with Gasteiger partial charge in [-0.15, -0.1) is 0 Å². The number of rotatable bonds is 9. The highest BCUT2D eigenvalue weighted by atomic mass is 16.3. The van der Waals surface area contributed by atoms with E-state index in [2.05, 4.69) is 264 Å². The topological polar surface area (TPSA) is 32.8 Å². The molecule has 0 aliphatic rings. The maximum absolute atomic E-state index is 7.00. The summed E-state index contributed by atoms with van der Waals surface area (Å²) in [6, 6.07) is 77.1. The van der Waals surface area contributed by atoms with Gasteiger partial charge in [-0.25, -0.2) is 0 Å². The van der Waals surface area contributed by atoms with Crippen molar-refractivity contribution in [3.8, 4) is 22.3 Å². The predicted molar refractivity (Wildman–Crippen MR) is 309 cm³/mol. The molecule has 13 rings (SSSR count). The largest absolute Gasteiger partial charge is 0.456 e. The summed E-state index contributed by atoms with van der Waals surface area (Å²) in [7, 11) is 0. The fraction of sp³-hybridized carbons (Fsp3) is 0.101. The summed E-state index contributed by atoms with van der Waals surface area (Å²) in [5.74, 6) is 0.146. The van der Waals surface area contributed by atoms with Gasteiger partial charge in [0, 0.05) is 61.2 Å². The first kappa shape index (κ1) is 44.1. The molecule has 0 bridgehead atoms. The van der Waals surface area contributed by atoms with E-state index in [1.54, 1.807) is 0 Å². The molecule has 0 saturated heterocycles. The smallest absolute Gasteiger partial charge is 0.142 e. The molecule has 2 heterocycles. The van der Waals surface area contributed by atoms with E-state index in [0.717, 1.165) is 105 Å². The van der Waals surface area contributed by atoms with Crippen LogP contribution >= 0.6 is 0 Å². The molecule has 0 atom stereocenters. The van der Waals surface area contributed by atoms with Crippen molar-refractivity contribution >= 4 is 99.5 Å². The van der Waals surface area contributed by atoms with Crippen LogP contribution in [-0.2, 0) is 0 Å². The first-order valence-electron chi connectivity index (χ1n) is 25.4. The third-order valence-electron chi connectivity index (χ3n) is 15.0. The number of furan rings is 2. The van der Waals surface area contributed by atoms with Gasteiger partial charge in [-0.1, -0.05) is 135 Å². The van der Waals surface area contributed by atoms with Gasteiger partial charge in [-0.3, -0.25) is 0 Å². The third-order valence-corrected chi connectivity index (χ3v) is 15.0. The zero-order valence-electron chi connectivity index (χ0n) is 42.0. The van der Waals surface area contributed by atoms with Crippen LogP contribution in [0.1, 0.15) is 47.6 Å². The molecule has 0 radical (unpaired) electrons. The average molecular weight is 943 g/mol. The van der Waals surface area contributed by atoms with Crippen molar-refractivity contribution < 1.29 is 8.83 Å². The van der Waals surface area contributed by atoms with Gasteiger partial charge in [0.25, 0.3) is 0 Å². The maximum Gasteiger partial charge on any atom is 0.142 e. The van der Waals surface area contributed by atoms with Crippen molar-refractivity contribution in [1.29, 1.82) is 0 Å². The quantitative estimate of drug-likeness (QED) is 0.144. The number of hydrogen-bond acceptors (Lipinski definition) is 4. The van der Waals surface area contributed by atoms with Crippen LogP contribution in [0.3, 0.4) is 0 Å². The van der Waals surface area contributed by atoms with Crippen molar-refractivity contribution in [1.82, 2.24) is 0 Å². The van der Waals surface area contributed by atoms with Crippen LogP contribution in [0, 0.1) is 27.7 Å². The molecule has 0 saturated carbocycles.